The van der Waals surface area contributed by atoms with Crippen LogP contribution in [-0.2, 0) is 13.1 Å². The Morgan fingerprint density at radius 1 is 0.939 bits per heavy atom. The van der Waals surface area contributed by atoms with Crippen LogP contribution >= 0.6 is 11.6 Å². The number of fused-ring (bicyclic) bond motifs is 1. The largest absolute Gasteiger partial charge is 0.345 e. The Morgan fingerprint density at radius 3 is 2.33 bits per heavy atom. The van der Waals surface area contributed by atoms with Crippen molar-refractivity contribution in [3.8, 4) is 0 Å². The fourth-order valence-corrected chi connectivity index (χ4v) is 4.82. The molecule has 0 N–H and O–H groups in total. The first kappa shape index (κ1) is 21.5. The zero-order valence-corrected chi connectivity index (χ0v) is 19.3. The van der Waals surface area contributed by atoms with Gasteiger partial charge in [-0.3, -0.25) is 23.5 Å². The minimum atomic E-state index is -0.731. The van der Waals surface area contributed by atoms with E-state index in [0.717, 1.165) is 29.8 Å². The molecule has 33 heavy (non-hydrogen) atoms. The number of ketones is 1. The van der Waals surface area contributed by atoms with E-state index in [4.69, 9.17) is 11.6 Å². The summed E-state index contributed by atoms with van der Waals surface area (Å²) < 4.78 is 4.91. The van der Waals surface area contributed by atoms with Gasteiger partial charge in [0, 0.05) is 28.0 Å². The van der Waals surface area contributed by atoms with Gasteiger partial charge in [0.25, 0.3) is 0 Å². The molecule has 0 radical (unpaired) electrons. The number of hydrogen-bond acceptors (Lipinski definition) is 3. The quantitative estimate of drug-likeness (QED) is 0.313. The lowest BCUT2D eigenvalue weighted by molar-refractivity contribution is 0.0971. The van der Waals surface area contributed by atoms with Crippen molar-refractivity contribution in [1.82, 2.24) is 13.7 Å². The fourth-order valence-electron chi connectivity index (χ4n) is 4.65. The van der Waals surface area contributed by atoms with Crippen molar-refractivity contribution in [3.05, 3.63) is 103 Å². The molecule has 0 amide bonds. The molecule has 7 heteroatoms. The second kappa shape index (κ2) is 8.19. The molecule has 4 aromatic rings. The third-order valence-electron chi connectivity index (χ3n) is 6.37. The number of Topliss-reactive ketones (excluding diaryl/α,β-unsaturated/α-hetero) is 1. The van der Waals surface area contributed by atoms with Crippen molar-refractivity contribution in [3.63, 3.8) is 0 Å². The van der Waals surface area contributed by atoms with Crippen LogP contribution in [0.3, 0.4) is 0 Å². The first-order valence-corrected chi connectivity index (χ1v) is 11.4. The van der Waals surface area contributed by atoms with Gasteiger partial charge in [-0.25, -0.2) is 0 Å². The predicted octanol–water partition coefficient (Wildman–Crippen LogP) is 4.50. The van der Waals surface area contributed by atoms with Gasteiger partial charge in [-0.1, -0.05) is 41.9 Å². The third kappa shape index (κ3) is 3.85. The highest BCUT2D eigenvalue weighted by molar-refractivity contribution is 6.31. The molecule has 5 rings (SSSR count). The zero-order chi connectivity index (χ0) is 23.3. The van der Waals surface area contributed by atoms with Gasteiger partial charge in [0.2, 0.25) is 0 Å². The number of aromatic nitrogens is 3. The lowest BCUT2D eigenvalue weighted by Gasteiger charge is -2.15. The number of hydrogen-bond donors (Lipinski definition) is 0. The summed E-state index contributed by atoms with van der Waals surface area (Å²) in [6.45, 7) is 3.97. The number of benzene rings is 2. The van der Waals surface area contributed by atoms with E-state index in [0.29, 0.717) is 27.7 Å². The lowest BCUT2D eigenvalue weighted by Crippen LogP contribution is -2.42. The number of carbonyl (C=O) groups is 1. The van der Waals surface area contributed by atoms with Crippen LogP contribution in [0.15, 0.2) is 64.2 Å². The van der Waals surface area contributed by atoms with Crippen molar-refractivity contribution in [2.24, 2.45) is 0 Å². The predicted molar refractivity (Wildman–Crippen MR) is 130 cm³/mol. The van der Waals surface area contributed by atoms with Crippen LogP contribution in [0.4, 0.5) is 0 Å². The van der Waals surface area contributed by atoms with Crippen LogP contribution in [0, 0.1) is 13.8 Å². The number of carbonyl (C=O) groups excluding carboxylic acids is 1. The molecule has 1 fully saturated rings. The van der Waals surface area contributed by atoms with Gasteiger partial charge in [-0.15, -0.1) is 0 Å². The summed E-state index contributed by atoms with van der Waals surface area (Å²) in [6, 6.07) is 16.9. The van der Waals surface area contributed by atoms with E-state index in [2.05, 4.69) is 4.57 Å². The summed E-state index contributed by atoms with van der Waals surface area (Å²) in [6.07, 6.45) is 2.23. The lowest BCUT2D eigenvalue weighted by atomic mass is 10.1. The Labute approximate surface area is 195 Å². The highest BCUT2D eigenvalue weighted by atomic mass is 35.5. The van der Waals surface area contributed by atoms with E-state index in [1.165, 1.54) is 9.13 Å². The molecule has 2 heterocycles. The minimum Gasteiger partial charge on any atom is -0.345 e. The number of halogens is 1. The van der Waals surface area contributed by atoms with Crippen molar-refractivity contribution in [1.29, 1.82) is 0 Å². The molecule has 0 aliphatic heterocycles. The maximum absolute atomic E-state index is 13.3. The molecular formula is C26H24ClN3O3. The molecule has 6 nitrogen and oxygen atoms in total. The molecule has 168 valence electrons. The van der Waals surface area contributed by atoms with E-state index in [1.54, 1.807) is 18.2 Å². The Balaban J connectivity index is 1.61. The van der Waals surface area contributed by atoms with E-state index in [-0.39, 0.29) is 18.9 Å². The van der Waals surface area contributed by atoms with E-state index < -0.39 is 11.1 Å². The average molecular weight is 462 g/mol. The summed E-state index contributed by atoms with van der Waals surface area (Å²) in [7, 11) is 0. The highest BCUT2D eigenvalue weighted by Crippen LogP contribution is 2.38. The topological polar surface area (TPSA) is 66.0 Å². The standard InChI is InChI=1S/C26H24ClN3O3/c1-16-12-21(17(2)30(16)20-9-10-20)24(31)15-29-23-13-19(27)8-11-22(23)28(25(32)26(29)33)14-18-6-4-3-5-7-18/h3-8,11-13,20H,9-10,14-15H2,1-2H3. The van der Waals surface area contributed by atoms with Crippen molar-refractivity contribution < 1.29 is 4.79 Å². The van der Waals surface area contributed by atoms with Crippen LogP contribution in [0.25, 0.3) is 11.0 Å². The Morgan fingerprint density at radius 2 is 1.64 bits per heavy atom. The van der Waals surface area contributed by atoms with Gasteiger partial charge in [0.05, 0.1) is 24.1 Å². The Bertz CT molecular complexity index is 1510. The van der Waals surface area contributed by atoms with Crippen molar-refractivity contribution in [2.45, 2.75) is 45.8 Å². The van der Waals surface area contributed by atoms with Gasteiger partial charge in [0.1, 0.15) is 0 Å². The van der Waals surface area contributed by atoms with Crippen molar-refractivity contribution in [2.75, 3.05) is 0 Å². The molecule has 0 atom stereocenters. The van der Waals surface area contributed by atoms with Gasteiger partial charge < -0.3 is 4.57 Å². The molecule has 0 unspecified atom stereocenters. The maximum atomic E-state index is 13.3. The van der Waals surface area contributed by atoms with Crippen LogP contribution in [-0.4, -0.2) is 19.5 Å². The van der Waals surface area contributed by atoms with Crippen LogP contribution < -0.4 is 11.1 Å². The molecule has 0 bridgehead atoms. The number of nitrogens with zero attached hydrogens (tertiary/aromatic N) is 3. The van der Waals surface area contributed by atoms with E-state index >= 15 is 0 Å². The maximum Gasteiger partial charge on any atom is 0.317 e. The second-order valence-electron chi connectivity index (χ2n) is 8.71. The molecule has 2 aromatic heterocycles. The van der Waals surface area contributed by atoms with Gasteiger partial charge in [-0.2, -0.15) is 0 Å². The smallest absolute Gasteiger partial charge is 0.317 e. The Hall–Kier alpha value is -3.38. The summed E-state index contributed by atoms with van der Waals surface area (Å²) >= 11 is 6.25. The number of rotatable bonds is 6. The van der Waals surface area contributed by atoms with Crippen LogP contribution in [0.2, 0.25) is 5.02 Å². The van der Waals surface area contributed by atoms with Gasteiger partial charge in [-0.05, 0) is 56.5 Å². The van der Waals surface area contributed by atoms with E-state index in [1.807, 2.05) is 50.2 Å². The fraction of sp³-hybridized carbons (Fsp3) is 0.269. The molecule has 0 spiro atoms. The normalized spacial score (nSPS) is 13.5. The zero-order valence-electron chi connectivity index (χ0n) is 18.5. The van der Waals surface area contributed by atoms with E-state index in [9.17, 15) is 14.4 Å². The average Bonchev–Trinajstić information content (AvgIpc) is 3.59. The molecular weight excluding hydrogens is 438 g/mol. The SMILES string of the molecule is Cc1cc(C(=O)Cn2c(=O)c(=O)n(Cc3ccccc3)c3ccc(Cl)cc32)c(C)n1C1CC1. The van der Waals surface area contributed by atoms with Crippen LogP contribution in [0.5, 0.6) is 0 Å². The van der Waals surface area contributed by atoms with Crippen molar-refractivity contribution >= 4 is 28.4 Å². The first-order chi connectivity index (χ1) is 15.8. The molecule has 1 aliphatic rings. The summed E-state index contributed by atoms with van der Waals surface area (Å²) in [5.41, 5.74) is 3.07. The first-order valence-electron chi connectivity index (χ1n) is 11.0. The Kier molecular flexibility index (Phi) is 5.33. The minimum absolute atomic E-state index is 0.196. The third-order valence-corrected chi connectivity index (χ3v) is 6.61. The van der Waals surface area contributed by atoms with Gasteiger partial charge >= 0.3 is 11.1 Å². The summed E-state index contributed by atoms with van der Waals surface area (Å²) in [5, 5.41) is 0.430. The second-order valence-corrected chi connectivity index (χ2v) is 9.15. The highest BCUT2D eigenvalue weighted by Gasteiger charge is 2.28. The van der Waals surface area contributed by atoms with Crippen LogP contribution in [0.1, 0.15) is 46.2 Å². The summed E-state index contributed by atoms with van der Waals surface area (Å²) in [4.78, 5) is 39.6. The van der Waals surface area contributed by atoms with Gasteiger partial charge in [0.15, 0.2) is 5.78 Å². The molecule has 1 saturated carbocycles. The molecule has 0 saturated heterocycles. The monoisotopic (exact) mass is 461 g/mol. The number of aryl methyl sites for hydroxylation is 1. The molecule has 1 aliphatic carbocycles. The molecule has 2 aromatic carbocycles. The summed E-state index contributed by atoms with van der Waals surface area (Å²) in [5.74, 6) is -0.196.